The Morgan fingerprint density at radius 1 is 1.20 bits per heavy atom. The quantitative estimate of drug-likeness (QED) is 0.653. The number of carbonyl (C=O) groups is 2. The second-order valence-electron chi connectivity index (χ2n) is 7.42. The third-order valence-corrected chi connectivity index (χ3v) is 5.48. The summed E-state index contributed by atoms with van der Waals surface area (Å²) in [4.78, 5) is 29.6. The van der Waals surface area contributed by atoms with E-state index in [1.165, 1.54) is 0 Å². The highest BCUT2D eigenvalue weighted by Crippen LogP contribution is 2.30. The van der Waals surface area contributed by atoms with Crippen LogP contribution in [0.1, 0.15) is 30.9 Å². The van der Waals surface area contributed by atoms with E-state index in [1.54, 1.807) is 34.1 Å². The summed E-state index contributed by atoms with van der Waals surface area (Å²) in [5.41, 5.74) is 3.76. The average Bonchev–Trinajstić information content (AvgIpc) is 3.13. The fourth-order valence-corrected chi connectivity index (χ4v) is 3.66. The highest BCUT2D eigenvalue weighted by Gasteiger charge is 2.40. The lowest BCUT2D eigenvalue weighted by molar-refractivity contribution is -0.130. The van der Waals surface area contributed by atoms with Gasteiger partial charge in [0.15, 0.2) is 0 Å². The number of hydrogen-bond donors (Lipinski definition) is 0. The molecule has 2 aromatic carbocycles. The molecule has 0 aromatic heterocycles. The second-order valence-corrected chi connectivity index (χ2v) is 7.42. The number of carbonyl (C=O) groups excluding carboxylic acids is 2. The summed E-state index contributed by atoms with van der Waals surface area (Å²) in [6.45, 7) is 7.26. The first-order valence-corrected chi connectivity index (χ1v) is 10.3. The zero-order valence-corrected chi connectivity index (χ0v) is 17.7. The van der Waals surface area contributed by atoms with Crippen molar-refractivity contribution in [2.45, 2.75) is 33.6 Å². The molecule has 1 heterocycles. The van der Waals surface area contributed by atoms with Gasteiger partial charge in [-0.25, -0.2) is 0 Å². The lowest BCUT2D eigenvalue weighted by Gasteiger charge is -2.25. The first kappa shape index (κ1) is 21.4. The van der Waals surface area contributed by atoms with E-state index in [9.17, 15) is 9.59 Å². The van der Waals surface area contributed by atoms with Gasteiger partial charge in [0.1, 0.15) is 11.7 Å². The van der Waals surface area contributed by atoms with Crippen LogP contribution in [-0.4, -0.2) is 31.5 Å². The van der Waals surface area contributed by atoms with Crippen molar-refractivity contribution < 1.29 is 14.3 Å². The molecule has 0 radical (unpaired) electrons. The van der Waals surface area contributed by atoms with Crippen LogP contribution in [0.15, 0.2) is 42.5 Å². The summed E-state index contributed by atoms with van der Waals surface area (Å²) in [5, 5.41) is 9.03. The molecule has 30 heavy (non-hydrogen) atoms. The molecule has 1 aliphatic rings. The highest BCUT2D eigenvalue weighted by atomic mass is 16.5. The predicted molar refractivity (Wildman–Crippen MR) is 117 cm³/mol. The first-order chi connectivity index (χ1) is 14.5. The predicted octanol–water partition coefficient (Wildman–Crippen LogP) is 4.00. The molecule has 2 aromatic rings. The van der Waals surface area contributed by atoms with Gasteiger partial charge in [-0.05, 0) is 74.7 Å². The maximum Gasteiger partial charge on any atom is 0.239 e. The van der Waals surface area contributed by atoms with Gasteiger partial charge < -0.3 is 14.5 Å². The van der Waals surface area contributed by atoms with Crippen LogP contribution in [-0.2, 0) is 9.59 Å². The Labute approximate surface area is 177 Å². The molecule has 1 saturated heterocycles. The Morgan fingerprint density at radius 2 is 1.93 bits per heavy atom. The van der Waals surface area contributed by atoms with Gasteiger partial charge in [-0.15, -0.1) is 0 Å². The number of ether oxygens (including phenoxy) is 1. The third kappa shape index (κ3) is 4.46. The molecule has 156 valence electrons. The minimum Gasteiger partial charge on any atom is -0.494 e. The molecule has 6 nitrogen and oxygen atoms in total. The number of amides is 2. The number of aryl methyl sites for hydroxylation is 2. The number of hydrogen-bond acceptors (Lipinski definition) is 4. The molecule has 1 aliphatic heterocycles. The Hall–Kier alpha value is -3.33. The van der Waals surface area contributed by atoms with Crippen molar-refractivity contribution in [3.05, 3.63) is 53.6 Å². The van der Waals surface area contributed by atoms with Crippen LogP contribution in [0.25, 0.3) is 0 Å². The maximum absolute atomic E-state index is 13.3. The third-order valence-electron chi connectivity index (χ3n) is 5.48. The van der Waals surface area contributed by atoms with Gasteiger partial charge in [-0.2, -0.15) is 5.26 Å². The van der Waals surface area contributed by atoms with Gasteiger partial charge in [0.25, 0.3) is 0 Å². The molecular formula is C24H27N3O3. The van der Waals surface area contributed by atoms with Gasteiger partial charge in [0.05, 0.1) is 19.1 Å². The van der Waals surface area contributed by atoms with Crippen molar-refractivity contribution in [1.82, 2.24) is 0 Å². The summed E-state index contributed by atoms with van der Waals surface area (Å²) in [6, 6.07) is 15.2. The smallest absolute Gasteiger partial charge is 0.239 e. The first-order valence-electron chi connectivity index (χ1n) is 10.3. The minimum atomic E-state index is -0.739. The summed E-state index contributed by atoms with van der Waals surface area (Å²) in [7, 11) is 0. The number of anilines is 2. The Kier molecular flexibility index (Phi) is 6.73. The van der Waals surface area contributed by atoms with E-state index in [0.29, 0.717) is 31.0 Å². The minimum absolute atomic E-state index is 0.184. The summed E-state index contributed by atoms with van der Waals surface area (Å²) in [6.07, 6.45) is 0.658. The van der Waals surface area contributed by atoms with Crippen LogP contribution in [0.4, 0.5) is 11.4 Å². The highest BCUT2D eigenvalue weighted by molar-refractivity contribution is 6.14. The van der Waals surface area contributed by atoms with E-state index in [0.717, 1.165) is 16.8 Å². The molecular weight excluding hydrogens is 378 g/mol. The monoisotopic (exact) mass is 405 g/mol. The van der Waals surface area contributed by atoms with Crippen LogP contribution >= 0.6 is 0 Å². The van der Waals surface area contributed by atoms with Crippen molar-refractivity contribution in [2.75, 3.05) is 29.5 Å². The Bertz CT molecular complexity index is 963. The lowest BCUT2D eigenvalue weighted by Crippen LogP contribution is -2.40. The van der Waals surface area contributed by atoms with E-state index in [1.807, 2.05) is 39.0 Å². The fourth-order valence-electron chi connectivity index (χ4n) is 3.66. The molecule has 0 spiro atoms. The molecule has 2 amide bonds. The molecule has 0 N–H and O–H groups in total. The summed E-state index contributed by atoms with van der Waals surface area (Å²) >= 11 is 0. The number of nitrogens with zero attached hydrogens (tertiary/aromatic N) is 3. The maximum atomic E-state index is 13.3. The van der Waals surface area contributed by atoms with Crippen molar-refractivity contribution >= 4 is 23.2 Å². The molecule has 0 saturated carbocycles. The molecule has 1 fully saturated rings. The van der Waals surface area contributed by atoms with E-state index in [2.05, 4.69) is 6.07 Å². The number of rotatable bonds is 7. The number of benzene rings is 2. The topological polar surface area (TPSA) is 73.6 Å². The van der Waals surface area contributed by atoms with Crippen LogP contribution < -0.4 is 14.5 Å². The van der Waals surface area contributed by atoms with Gasteiger partial charge in [0, 0.05) is 24.5 Å². The molecule has 0 aliphatic carbocycles. The molecule has 6 heteroatoms. The van der Waals surface area contributed by atoms with E-state index < -0.39 is 5.92 Å². The SMILES string of the molecule is CCOc1ccc(N(CCC#N)C(=O)C2CCN(c3ccc(C)c(C)c3)C2=O)cc1. The van der Waals surface area contributed by atoms with Gasteiger partial charge in [-0.1, -0.05) is 6.07 Å². The van der Waals surface area contributed by atoms with Crippen LogP contribution in [0.2, 0.25) is 0 Å². The van der Waals surface area contributed by atoms with E-state index in [4.69, 9.17) is 10.00 Å². The second kappa shape index (κ2) is 9.45. The van der Waals surface area contributed by atoms with E-state index >= 15 is 0 Å². The molecule has 0 bridgehead atoms. The van der Waals surface area contributed by atoms with Gasteiger partial charge in [-0.3, -0.25) is 9.59 Å². The summed E-state index contributed by atoms with van der Waals surface area (Å²) in [5.74, 6) is -0.467. The van der Waals surface area contributed by atoms with Gasteiger partial charge in [0.2, 0.25) is 11.8 Å². The summed E-state index contributed by atoms with van der Waals surface area (Å²) < 4.78 is 5.46. The van der Waals surface area contributed by atoms with Crippen molar-refractivity contribution in [1.29, 1.82) is 5.26 Å². The van der Waals surface area contributed by atoms with E-state index in [-0.39, 0.29) is 24.8 Å². The Morgan fingerprint density at radius 3 is 2.57 bits per heavy atom. The van der Waals surface area contributed by atoms with Crippen molar-refractivity contribution in [3.8, 4) is 11.8 Å². The lowest BCUT2D eigenvalue weighted by atomic mass is 10.1. The van der Waals surface area contributed by atoms with Crippen LogP contribution in [0, 0.1) is 31.1 Å². The zero-order chi connectivity index (χ0) is 21.7. The molecule has 3 rings (SSSR count). The van der Waals surface area contributed by atoms with Crippen LogP contribution in [0.3, 0.4) is 0 Å². The number of nitriles is 1. The molecule has 1 unspecified atom stereocenters. The Balaban J connectivity index is 1.81. The molecule has 1 atom stereocenters. The average molecular weight is 405 g/mol. The van der Waals surface area contributed by atoms with Crippen LogP contribution in [0.5, 0.6) is 5.75 Å². The zero-order valence-electron chi connectivity index (χ0n) is 17.7. The van der Waals surface area contributed by atoms with Crippen molar-refractivity contribution in [2.24, 2.45) is 5.92 Å². The van der Waals surface area contributed by atoms with Gasteiger partial charge >= 0.3 is 0 Å². The van der Waals surface area contributed by atoms with Crippen molar-refractivity contribution in [3.63, 3.8) is 0 Å². The standard InChI is InChI=1S/C24H27N3O3/c1-4-30-21-10-8-19(9-11-21)26(14-5-13-25)23(28)22-12-15-27(24(22)29)20-7-6-17(2)18(3)16-20/h6-11,16,22H,4-5,12,14-15H2,1-3H3. The largest absolute Gasteiger partial charge is 0.494 e. The fraction of sp³-hybridized carbons (Fsp3) is 0.375. The normalized spacial score (nSPS) is 15.7.